The highest BCUT2D eigenvalue weighted by molar-refractivity contribution is 7.86. The number of rotatable bonds is 9. The van der Waals surface area contributed by atoms with E-state index in [9.17, 15) is 25.9 Å². The van der Waals surface area contributed by atoms with Crippen molar-refractivity contribution in [1.82, 2.24) is 4.58 Å². The van der Waals surface area contributed by atoms with Crippen LogP contribution in [0.3, 0.4) is 0 Å². The van der Waals surface area contributed by atoms with E-state index in [0.717, 1.165) is 73.1 Å². The van der Waals surface area contributed by atoms with Crippen LogP contribution in [0.4, 0.5) is 17.1 Å². The number of hydrogen-bond acceptors (Lipinski definition) is 9. The van der Waals surface area contributed by atoms with Gasteiger partial charge in [-0.2, -0.15) is 27.1 Å². The van der Waals surface area contributed by atoms with E-state index in [0.29, 0.717) is 52.3 Å². The fraction of sp³-hybridized carbons (Fsp3) is 0.265. The molecule has 0 saturated carbocycles. The Hall–Kier alpha value is -5.12. The lowest BCUT2D eigenvalue weighted by Crippen LogP contribution is -2.45. The summed E-state index contributed by atoms with van der Waals surface area (Å²) in [6, 6.07) is 17.7. The van der Waals surface area contributed by atoms with Crippen molar-refractivity contribution in [3.8, 4) is 11.5 Å². The Balaban J connectivity index is 1.37. The molecular formula is C34H32N7O7S2+. The molecule has 0 atom stereocenters. The number of nitrogens with zero attached hydrogens (tertiary/aromatic N) is 7. The molecule has 50 heavy (non-hydrogen) atoms. The number of ether oxygens (including phenoxy) is 1. The van der Waals surface area contributed by atoms with E-state index in [1.54, 1.807) is 18.2 Å². The van der Waals surface area contributed by atoms with Crippen LogP contribution in [0, 0.1) is 0 Å². The predicted molar refractivity (Wildman–Crippen MR) is 185 cm³/mol. The molecule has 3 aliphatic heterocycles. The van der Waals surface area contributed by atoms with Gasteiger partial charge in [-0.05, 0) is 73.0 Å². The van der Waals surface area contributed by atoms with Crippen LogP contribution in [0.15, 0.2) is 91.9 Å². The number of hydrogen-bond donors (Lipinski definition) is 2. The average Bonchev–Trinajstić information content (AvgIpc) is 3.09. The SMILES string of the molecule is CN(CCN=[N+]=[N-])c1ccc(N=Nc2ccc3c(c2)Oc2c4c5c(cc2=C3c2ccc(S(=O)(=O)O)cc2S(=O)(=O)O)CCC[N+]=5CCC4)cc1. The highest BCUT2D eigenvalue weighted by Crippen LogP contribution is 2.42. The first kappa shape index (κ1) is 33.4. The smallest absolute Gasteiger partial charge is 0.295 e. The van der Waals surface area contributed by atoms with Crippen molar-refractivity contribution in [2.75, 3.05) is 38.1 Å². The Morgan fingerprint density at radius 2 is 1.58 bits per heavy atom. The molecule has 14 nitrogen and oxygen atoms in total. The summed E-state index contributed by atoms with van der Waals surface area (Å²) in [5.41, 5.74) is 13.6. The van der Waals surface area contributed by atoms with Crippen LogP contribution < -0.4 is 24.8 Å². The summed E-state index contributed by atoms with van der Waals surface area (Å²) in [6.45, 7) is 2.75. The first-order valence-corrected chi connectivity index (χ1v) is 18.8. The standard InChI is InChI=1S/C34H31N7O7S2/c1-40(17-14-36-39-35)24-9-6-22(7-10-24)37-38-23-8-12-26-30(19-23)48-34-28-5-3-16-41-15-2-4-21(33(28)41)18-29(34)32(26)27-13-11-25(49(42,43)44)20-31(27)50(45,46)47/h6-13,18-20H,2-5,14-17H2,1H3,(H-,42,43,44,45,46,47)/p+1. The molecule has 3 heterocycles. The van der Waals surface area contributed by atoms with Gasteiger partial charge in [0.15, 0.2) is 0 Å². The normalized spacial score (nSPS) is 15.1. The molecule has 0 unspecified atom stereocenters. The molecule has 0 bridgehead atoms. The van der Waals surface area contributed by atoms with Crippen molar-refractivity contribution < 1.29 is 30.7 Å². The molecule has 7 rings (SSSR count). The van der Waals surface area contributed by atoms with Gasteiger partial charge in [-0.1, -0.05) is 11.2 Å². The monoisotopic (exact) mass is 714 g/mol. The van der Waals surface area contributed by atoms with Gasteiger partial charge in [-0.15, -0.1) is 0 Å². The number of aryl methyl sites for hydroxylation is 1. The highest BCUT2D eigenvalue weighted by atomic mass is 32.2. The molecule has 2 N–H and O–H groups in total. The summed E-state index contributed by atoms with van der Waals surface area (Å²) in [6.07, 6.45) is 3.44. The summed E-state index contributed by atoms with van der Waals surface area (Å²) in [5, 5.41) is 14.1. The second kappa shape index (κ2) is 13.0. The van der Waals surface area contributed by atoms with E-state index >= 15 is 0 Å². The summed E-state index contributed by atoms with van der Waals surface area (Å²) in [7, 11) is -7.85. The molecule has 0 saturated heterocycles. The van der Waals surface area contributed by atoms with Crippen molar-refractivity contribution in [3.05, 3.63) is 110 Å². The second-order valence-electron chi connectivity index (χ2n) is 12.3. The lowest BCUT2D eigenvalue weighted by atomic mass is 9.87. The zero-order valence-corrected chi connectivity index (χ0v) is 28.5. The molecule has 3 aliphatic rings. The Kier molecular flexibility index (Phi) is 8.66. The van der Waals surface area contributed by atoms with Crippen LogP contribution in [-0.2, 0) is 33.1 Å². The Bertz CT molecular complexity index is 2490. The van der Waals surface area contributed by atoms with Gasteiger partial charge in [0.25, 0.3) is 20.2 Å². The maximum Gasteiger partial charge on any atom is 0.295 e. The Morgan fingerprint density at radius 1 is 0.880 bits per heavy atom. The van der Waals surface area contributed by atoms with E-state index in [2.05, 4.69) is 24.8 Å². The van der Waals surface area contributed by atoms with Crippen molar-refractivity contribution in [2.24, 2.45) is 15.3 Å². The maximum atomic E-state index is 12.8. The van der Waals surface area contributed by atoms with Gasteiger partial charge in [-0.25, -0.2) is 4.58 Å². The van der Waals surface area contributed by atoms with Gasteiger partial charge >= 0.3 is 0 Å². The summed E-state index contributed by atoms with van der Waals surface area (Å²) >= 11 is 0. The third-order valence-electron chi connectivity index (χ3n) is 9.16. The first-order valence-electron chi connectivity index (χ1n) is 15.9. The van der Waals surface area contributed by atoms with Crippen molar-refractivity contribution >= 4 is 42.9 Å². The minimum absolute atomic E-state index is 0.0557. The molecule has 0 aliphatic carbocycles. The zero-order chi connectivity index (χ0) is 35.2. The van der Waals surface area contributed by atoms with Crippen molar-refractivity contribution in [1.29, 1.82) is 0 Å². The van der Waals surface area contributed by atoms with Crippen LogP contribution in [-0.4, -0.2) is 59.2 Å². The molecule has 0 amide bonds. The van der Waals surface area contributed by atoms with Gasteiger partial charge in [-0.3, -0.25) is 9.11 Å². The van der Waals surface area contributed by atoms with E-state index in [-0.39, 0.29) is 5.56 Å². The van der Waals surface area contributed by atoms with Crippen LogP contribution in [0.5, 0.6) is 11.5 Å². The molecule has 4 aromatic carbocycles. The van der Waals surface area contributed by atoms with E-state index in [1.807, 2.05) is 42.3 Å². The number of fused-ring (bicyclic) bond motifs is 3. The predicted octanol–water partition coefficient (Wildman–Crippen LogP) is 5.08. The minimum Gasteiger partial charge on any atom is -0.455 e. The summed E-state index contributed by atoms with van der Waals surface area (Å²) < 4.78 is 78.6. The van der Waals surface area contributed by atoms with Crippen LogP contribution in [0.2, 0.25) is 0 Å². The largest absolute Gasteiger partial charge is 0.455 e. The molecule has 0 spiro atoms. The number of benzene rings is 4. The van der Waals surface area contributed by atoms with Crippen LogP contribution >= 0.6 is 0 Å². The van der Waals surface area contributed by atoms with Gasteiger partial charge < -0.3 is 9.64 Å². The van der Waals surface area contributed by atoms with Crippen LogP contribution in [0.1, 0.15) is 35.1 Å². The molecule has 0 radical (unpaired) electrons. The molecule has 16 heteroatoms. The fourth-order valence-electron chi connectivity index (χ4n) is 6.88. The summed E-state index contributed by atoms with van der Waals surface area (Å²) in [4.78, 5) is 3.41. The molecule has 0 aromatic heterocycles. The van der Waals surface area contributed by atoms with Gasteiger partial charge in [0.1, 0.15) is 29.5 Å². The third kappa shape index (κ3) is 6.34. The number of azide groups is 1. The highest BCUT2D eigenvalue weighted by Gasteiger charge is 2.33. The topological polar surface area (TPSA) is 198 Å². The number of likely N-dealkylation sites (N-methyl/N-ethyl adjacent to an activating group) is 1. The first-order chi connectivity index (χ1) is 23.9. The Morgan fingerprint density at radius 3 is 2.30 bits per heavy atom. The molecule has 256 valence electrons. The van der Waals surface area contributed by atoms with Crippen molar-refractivity contribution in [2.45, 2.75) is 35.5 Å². The fourth-order valence-corrected chi connectivity index (χ4v) is 8.19. The lowest BCUT2D eigenvalue weighted by Gasteiger charge is -2.27. The quantitative estimate of drug-likeness (QED) is 0.0693. The van der Waals surface area contributed by atoms with Crippen LogP contribution in [0.25, 0.3) is 16.0 Å². The number of azo groups is 1. The van der Waals surface area contributed by atoms with E-state index < -0.39 is 30.0 Å². The van der Waals surface area contributed by atoms with E-state index in [4.69, 9.17) is 10.3 Å². The number of anilines is 1. The average molecular weight is 715 g/mol. The van der Waals surface area contributed by atoms with Crippen molar-refractivity contribution in [3.63, 3.8) is 0 Å². The molecule has 4 aromatic rings. The van der Waals surface area contributed by atoms with Gasteiger partial charge in [0.2, 0.25) is 5.36 Å². The lowest BCUT2D eigenvalue weighted by molar-refractivity contribution is 0.437. The third-order valence-corrected chi connectivity index (χ3v) is 10.9. The summed E-state index contributed by atoms with van der Waals surface area (Å²) in [5.74, 6) is 0.942. The van der Waals surface area contributed by atoms with E-state index in [1.165, 1.54) is 6.07 Å². The second-order valence-corrected chi connectivity index (χ2v) is 15.1. The zero-order valence-electron chi connectivity index (χ0n) is 26.9. The minimum atomic E-state index is -4.96. The maximum absolute atomic E-state index is 12.8. The Labute approximate surface area is 287 Å². The molecular weight excluding hydrogens is 683 g/mol. The van der Waals surface area contributed by atoms with Gasteiger partial charge in [0, 0.05) is 77.1 Å². The molecule has 0 fully saturated rings. The van der Waals surface area contributed by atoms with Gasteiger partial charge in [0.05, 0.1) is 21.8 Å².